The van der Waals surface area contributed by atoms with Crippen LogP contribution in [0.15, 0.2) is 6.20 Å². The van der Waals surface area contributed by atoms with Gasteiger partial charge in [0.2, 0.25) is 0 Å². The first-order valence-corrected chi connectivity index (χ1v) is 7.54. The molecule has 1 aromatic heterocycles. The Hall–Kier alpha value is -0.830. The number of hydrogen-bond donors (Lipinski definition) is 0. The van der Waals surface area contributed by atoms with E-state index in [4.69, 9.17) is 4.98 Å². The van der Waals surface area contributed by atoms with Crippen LogP contribution in [0.5, 0.6) is 0 Å². The summed E-state index contributed by atoms with van der Waals surface area (Å²) in [6.07, 6.45) is 8.80. The maximum Gasteiger partial charge on any atom is 0.108 e. The number of aromatic nitrogens is 2. The first kappa shape index (κ1) is 12.2. The third-order valence-electron chi connectivity index (χ3n) is 4.53. The topological polar surface area (TPSA) is 21.1 Å². The standard InChI is InChI=1S/C15H25N3/c1-12(2)17-9-5-6-13(10-17)14-11-18-8-4-3-7-15(18)16-14/h11-13H,3-10H2,1-2H3. The van der Waals surface area contributed by atoms with Crippen LogP contribution in [0.4, 0.5) is 0 Å². The van der Waals surface area contributed by atoms with Gasteiger partial charge in [0, 0.05) is 37.7 Å². The Kier molecular flexibility index (Phi) is 3.42. The molecule has 3 heterocycles. The van der Waals surface area contributed by atoms with E-state index in [0.29, 0.717) is 12.0 Å². The Balaban J connectivity index is 1.75. The van der Waals surface area contributed by atoms with Gasteiger partial charge in [-0.15, -0.1) is 0 Å². The second kappa shape index (κ2) is 5.04. The van der Waals surface area contributed by atoms with Gasteiger partial charge >= 0.3 is 0 Å². The summed E-state index contributed by atoms with van der Waals surface area (Å²) in [5.41, 5.74) is 1.36. The maximum absolute atomic E-state index is 4.90. The lowest BCUT2D eigenvalue weighted by atomic mass is 9.94. The van der Waals surface area contributed by atoms with Gasteiger partial charge in [-0.2, -0.15) is 0 Å². The van der Waals surface area contributed by atoms with Crippen LogP contribution in [-0.4, -0.2) is 33.6 Å². The van der Waals surface area contributed by atoms with Crippen molar-refractivity contribution in [3.8, 4) is 0 Å². The van der Waals surface area contributed by atoms with Crippen LogP contribution in [0.2, 0.25) is 0 Å². The van der Waals surface area contributed by atoms with Gasteiger partial charge in [-0.3, -0.25) is 0 Å². The van der Waals surface area contributed by atoms with Crippen molar-refractivity contribution in [3.63, 3.8) is 0 Å². The van der Waals surface area contributed by atoms with E-state index in [-0.39, 0.29) is 0 Å². The van der Waals surface area contributed by atoms with E-state index in [1.54, 1.807) is 0 Å². The molecular weight excluding hydrogens is 222 g/mol. The SMILES string of the molecule is CC(C)N1CCCC(c2cn3c(n2)CCCC3)C1. The van der Waals surface area contributed by atoms with E-state index < -0.39 is 0 Å². The van der Waals surface area contributed by atoms with Crippen LogP contribution in [0.3, 0.4) is 0 Å². The monoisotopic (exact) mass is 247 g/mol. The van der Waals surface area contributed by atoms with Crippen LogP contribution in [-0.2, 0) is 13.0 Å². The molecule has 1 saturated heterocycles. The third kappa shape index (κ3) is 2.33. The molecule has 1 fully saturated rings. The molecule has 18 heavy (non-hydrogen) atoms. The Bertz CT molecular complexity index is 384. The third-order valence-corrected chi connectivity index (χ3v) is 4.53. The molecule has 3 rings (SSSR count). The quantitative estimate of drug-likeness (QED) is 0.801. The molecule has 1 atom stereocenters. The summed E-state index contributed by atoms with van der Waals surface area (Å²) in [4.78, 5) is 7.51. The fraction of sp³-hybridized carbons (Fsp3) is 0.800. The lowest BCUT2D eigenvalue weighted by molar-refractivity contribution is 0.166. The fourth-order valence-corrected chi connectivity index (χ4v) is 3.35. The first-order valence-electron chi connectivity index (χ1n) is 7.54. The zero-order chi connectivity index (χ0) is 12.5. The van der Waals surface area contributed by atoms with Crippen molar-refractivity contribution in [2.24, 2.45) is 0 Å². The Labute approximate surface area is 110 Å². The number of fused-ring (bicyclic) bond motifs is 1. The molecule has 100 valence electrons. The molecule has 2 aliphatic heterocycles. The van der Waals surface area contributed by atoms with E-state index in [2.05, 4.69) is 29.5 Å². The van der Waals surface area contributed by atoms with Gasteiger partial charge in [0.05, 0.1) is 5.69 Å². The highest BCUT2D eigenvalue weighted by Crippen LogP contribution is 2.28. The molecule has 0 N–H and O–H groups in total. The lowest BCUT2D eigenvalue weighted by Gasteiger charge is -2.34. The van der Waals surface area contributed by atoms with Gasteiger partial charge in [0.15, 0.2) is 0 Å². The molecule has 1 unspecified atom stereocenters. The number of nitrogens with zero attached hydrogens (tertiary/aromatic N) is 3. The van der Waals surface area contributed by atoms with Crippen LogP contribution in [0.1, 0.15) is 57.0 Å². The molecule has 2 aliphatic rings. The predicted molar refractivity (Wildman–Crippen MR) is 73.8 cm³/mol. The average Bonchev–Trinajstić information content (AvgIpc) is 2.82. The van der Waals surface area contributed by atoms with Crippen LogP contribution >= 0.6 is 0 Å². The molecule has 0 aliphatic carbocycles. The molecule has 0 aromatic carbocycles. The number of likely N-dealkylation sites (tertiary alicyclic amines) is 1. The van der Waals surface area contributed by atoms with Crippen LogP contribution in [0.25, 0.3) is 0 Å². The Morgan fingerprint density at radius 1 is 1.22 bits per heavy atom. The van der Waals surface area contributed by atoms with Crippen molar-refractivity contribution < 1.29 is 0 Å². The smallest absolute Gasteiger partial charge is 0.108 e. The van der Waals surface area contributed by atoms with Crippen molar-refractivity contribution in [2.75, 3.05) is 13.1 Å². The number of imidazole rings is 1. The minimum Gasteiger partial charge on any atom is -0.335 e. The molecule has 3 heteroatoms. The van der Waals surface area contributed by atoms with Crippen LogP contribution < -0.4 is 0 Å². The van der Waals surface area contributed by atoms with Gasteiger partial charge in [0.25, 0.3) is 0 Å². The summed E-state index contributed by atoms with van der Waals surface area (Å²) >= 11 is 0. The molecule has 0 amide bonds. The number of aryl methyl sites for hydroxylation is 2. The van der Waals surface area contributed by atoms with E-state index in [1.165, 1.54) is 63.3 Å². The Morgan fingerprint density at radius 3 is 2.89 bits per heavy atom. The zero-order valence-electron chi connectivity index (χ0n) is 11.7. The van der Waals surface area contributed by atoms with Crippen molar-refractivity contribution in [2.45, 2.75) is 64.5 Å². The molecule has 3 nitrogen and oxygen atoms in total. The second-order valence-electron chi connectivity index (χ2n) is 6.16. The highest BCUT2D eigenvalue weighted by Gasteiger charge is 2.25. The van der Waals surface area contributed by atoms with Gasteiger partial charge in [0.1, 0.15) is 5.82 Å². The second-order valence-corrected chi connectivity index (χ2v) is 6.16. The molecule has 0 saturated carbocycles. The molecule has 0 bridgehead atoms. The van der Waals surface area contributed by atoms with Gasteiger partial charge in [-0.25, -0.2) is 4.98 Å². The van der Waals surface area contributed by atoms with Crippen molar-refractivity contribution in [1.82, 2.24) is 14.5 Å². The minimum atomic E-state index is 0.666. The molecule has 0 radical (unpaired) electrons. The van der Waals surface area contributed by atoms with Gasteiger partial charge in [-0.1, -0.05) is 0 Å². The van der Waals surface area contributed by atoms with E-state index in [0.717, 1.165) is 0 Å². The summed E-state index contributed by atoms with van der Waals surface area (Å²) in [5.74, 6) is 2.00. The van der Waals surface area contributed by atoms with Gasteiger partial charge < -0.3 is 9.47 Å². The summed E-state index contributed by atoms with van der Waals surface area (Å²) in [5, 5.41) is 0. The van der Waals surface area contributed by atoms with Crippen molar-refractivity contribution >= 4 is 0 Å². The zero-order valence-corrected chi connectivity index (χ0v) is 11.7. The van der Waals surface area contributed by atoms with Crippen LogP contribution in [0, 0.1) is 0 Å². The highest BCUT2D eigenvalue weighted by atomic mass is 15.2. The van der Waals surface area contributed by atoms with E-state index in [1.807, 2.05) is 0 Å². The largest absolute Gasteiger partial charge is 0.335 e. The van der Waals surface area contributed by atoms with E-state index in [9.17, 15) is 0 Å². The summed E-state index contributed by atoms with van der Waals surface area (Å²) in [6.45, 7) is 8.26. The average molecular weight is 247 g/mol. The Morgan fingerprint density at radius 2 is 2.11 bits per heavy atom. The van der Waals surface area contributed by atoms with Crippen molar-refractivity contribution in [1.29, 1.82) is 0 Å². The van der Waals surface area contributed by atoms with Gasteiger partial charge in [-0.05, 0) is 46.1 Å². The predicted octanol–water partition coefficient (Wildman–Crippen LogP) is 2.81. The minimum absolute atomic E-state index is 0.666. The summed E-state index contributed by atoms with van der Waals surface area (Å²) in [7, 11) is 0. The lowest BCUT2D eigenvalue weighted by Crippen LogP contribution is -2.39. The first-order chi connectivity index (χ1) is 8.74. The maximum atomic E-state index is 4.90. The number of piperidine rings is 1. The molecular formula is C15H25N3. The summed E-state index contributed by atoms with van der Waals surface area (Å²) < 4.78 is 2.40. The summed E-state index contributed by atoms with van der Waals surface area (Å²) in [6, 6.07) is 0.671. The number of hydrogen-bond acceptors (Lipinski definition) is 2. The van der Waals surface area contributed by atoms with Crippen molar-refractivity contribution in [3.05, 3.63) is 17.7 Å². The molecule has 1 aromatic rings. The normalized spacial score (nSPS) is 25.4. The molecule has 0 spiro atoms. The van der Waals surface area contributed by atoms with E-state index >= 15 is 0 Å². The highest BCUT2D eigenvalue weighted by molar-refractivity contribution is 5.12. The fourth-order valence-electron chi connectivity index (χ4n) is 3.35. The number of rotatable bonds is 2.